The second kappa shape index (κ2) is 16.7. The molecular weight excluding hydrogens is 739 g/mol. The van der Waals surface area contributed by atoms with Crippen LogP contribution in [0.3, 0.4) is 0 Å². The first-order chi connectivity index (χ1) is 27.8. The van der Waals surface area contributed by atoms with Gasteiger partial charge < -0.3 is 39.5 Å². The Bertz CT molecular complexity index is 2310. The van der Waals surface area contributed by atoms with Gasteiger partial charge in [-0.2, -0.15) is 0 Å². The molecule has 5 heterocycles. The van der Waals surface area contributed by atoms with Crippen LogP contribution in [0.2, 0.25) is 0 Å². The summed E-state index contributed by atoms with van der Waals surface area (Å²) in [7, 11) is 2.92. The van der Waals surface area contributed by atoms with E-state index in [9.17, 15) is 19.5 Å². The number of carbonyl (C=O) groups excluding carboxylic acids is 2. The van der Waals surface area contributed by atoms with Crippen LogP contribution in [0.5, 0.6) is 5.75 Å². The van der Waals surface area contributed by atoms with Crippen molar-refractivity contribution < 1.29 is 33.7 Å². The molecule has 0 saturated carbocycles. The Morgan fingerprint density at radius 1 is 1.00 bits per heavy atom. The minimum Gasteiger partial charge on any atom is -0.488 e. The number of aromatic nitrogens is 4. The first-order valence-electron chi connectivity index (χ1n) is 20.0. The average Bonchev–Trinajstić information content (AvgIpc) is 4.01. The number of hydrogen-bond acceptors (Lipinski definition) is 8. The molecule has 4 N–H and O–H groups in total. The molecule has 5 aromatic rings. The molecule has 5 atom stereocenters. The highest BCUT2D eigenvalue weighted by atomic mass is 16.5. The Hall–Kier alpha value is -5.63. The molecular formula is C44H54N7O7. The van der Waals surface area contributed by atoms with Crippen molar-refractivity contribution in [3.05, 3.63) is 71.8 Å². The predicted octanol–water partition coefficient (Wildman–Crippen LogP) is 8.41. The number of carboxylic acid groups (broad SMARTS) is 1. The van der Waals surface area contributed by atoms with Crippen molar-refractivity contribution in [3.63, 3.8) is 0 Å². The van der Waals surface area contributed by atoms with Crippen LogP contribution >= 0.6 is 0 Å². The number of benzene rings is 3. The first-order valence-corrected chi connectivity index (χ1v) is 20.0. The quantitative estimate of drug-likeness (QED) is 0.120. The number of nitrogens with one attached hydrogen (secondary N) is 3. The molecule has 14 nitrogen and oxygen atoms in total. The highest BCUT2D eigenvalue weighted by Gasteiger charge is 2.42. The number of likely N-dealkylation sites (tertiary alicyclic amines) is 2. The van der Waals surface area contributed by atoms with E-state index >= 15 is 0 Å². The molecule has 14 heteroatoms. The first kappa shape index (κ1) is 40.6. The summed E-state index contributed by atoms with van der Waals surface area (Å²) < 4.78 is 16.5. The van der Waals surface area contributed by atoms with Gasteiger partial charge in [-0.3, -0.25) is 9.69 Å². The Morgan fingerprint density at radius 2 is 1.78 bits per heavy atom. The summed E-state index contributed by atoms with van der Waals surface area (Å²) in [6, 6.07) is 13.2. The molecule has 307 valence electrons. The van der Waals surface area contributed by atoms with Gasteiger partial charge in [-0.15, -0.1) is 0 Å². The fraction of sp³-hybridized carbons (Fsp3) is 0.455. The maximum atomic E-state index is 13.9. The number of nitrogens with zero attached hydrogens (tertiary/aromatic N) is 4. The lowest BCUT2D eigenvalue weighted by Gasteiger charge is -2.32. The number of hydrogen-bond donors (Lipinski definition) is 4. The van der Waals surface area contributed by atoms with Crippen LogP contribution in [0.4, 0.5) is 9.59 Å². The van der Waals surface area contributed by atoms with E-state index in [1.807, 2.05) is 31.7 Å². The van der Waals surface area contributed by atoms with Crippen molar-refractivity contribution in [2.75, 3.05) is 27.4 Å². The topological polar surface area (TPSA) is 175 Å². The number of rotatable bonds is 8. The zero-order chi connectivity index (χ0) is 41.4. The fourth-order valence-electron chi connectivity index (χ4n) is 8.52. The molecule has 0 bridgehead atoms. The Balaban J connectivity index is 0.00000122. The smallest absolute Gasteiger partial charge is 0.407 e. The van der Waals surface area contributed by atoms with Gasteiger partial charge in [-0.25, -0.2) is 19.6 Å². The van der Waals surface area contributed by atoms with Crippen LogP contribution in [-0.4, -0.2) is 92.4 Å². The second-order valence-corrected chi connectivity index (χ2v) is 16.5. The van der Waals surface area contributed by atoms with E-state index in [-0.39, 0.29) is 35.9 Å². The number of alkyl carbamates (subject to hydrolysis) is 1. The summed E-state index contributed by atoms with van der Waals surface area (Å²) in [5.74, 6) is 3.37. The monoisotopic (exact) mass is 792 g/mol. The van der Waals surface area contributed by atoms with Gasteiger partial charge in [-0.1, -0.05) is 52.8 Å². The lowest BCUT2D eigenvalue weighted by molar-refractivity contribution is -0.137. The Kier molecular flexibility index (Phi) is 11.7. The lowest BCUT2D eigenvalue weighted by atomic mass is 9.92. The molecule has 0 aliphatic carbocycles. The maximum Gasteiger partial charge on any atom is 0.407 e. The highest BCUT2D eigenvalue weighted by molar-refractivity contribution is 6.07. The molecule has 2 fully saturated rings. The number of amides is 3. The molecule has 3 amide bonds. The van der Waals surface area contributed by atoms with Crippen LogP contribution in [0.1, 0.15) is 90.1 Å². The summed E-state index contributed by atoms with van der Waals surface area (Å²) in [6.45, 7) is 13.4. The largest absolute Gasteiger partial charge is 0.488 e. The molecule has 3 aliphatic rings. The summed E-state index contributed by atoms with van der Waals surface area (Å²) in [4.78, 5) is 57.8. The predicted molar refractivity (Wildman–Crippen MR) is 221 cm³/mol. The summed E-state index contributed by atoms with van der Waals surface area (Å²) >= 11 is 0. The van der Waals surface area contributed by atoms with Gasteiger partial charge >= 0.3 is 12.2 Å². The Morgan fingerprint density at radius 3 is 2.48 bits per heavy atom. The molecule has 58 heavy (non-hydrogen) atoms. The molecule has 2 aromatic heterocycles. The zero-order valence-electron chi connectivity index (χ0n) is 34.5. The van der Waals surface area contributed by atoms with Crippen molar-refractivity contribution in [1.29, 1.82) is 0 Å². The minimum atomic E-state index is -0.962. The number of methoxy groups -OCH3 is 2. The molecule has 8 rings (SSSR count). The molecule has 1 radical (unpaired) electrons. The van der Waals surface area contributed by atoms with E-state index in [1.54, 1.807) is 13.3 Å². The lowest BCUT2D eigenvalue weighted by Crippen LogP contribution is -2.52. The van der Waals surface area contributed by atoms with Gasteiger partial charge in [0.2, 0.25) is 5.91 Å². The number of ether oxygens (including phenoxy) is 3. The third kappa shape index (κ3) is 7.94. The van der Waals surface area contributed by atoms with Gasteiger partial charge in [0.15, 0.2) is 0 Å². The van der Waals surface area contributed by atoms with Crippen molar-refractivity contribution in [1.82, 2.24) is 35.1 Å². The van der Waals surface area contributed by atoms with Gasteiger partial charge in [0.25, 0.3) is 0 Å². The summed E-state index contributed by atoms with van der Waals surface area (Å²) in [6.07, 6.45) is 2.39. The van der Waals surface area contributed by atoms with E-state index in [4.69, 9.17) is 19.2 Å². The number of aromatic amines is 2. The second-order valence-electron chi connectivity index (χ2n) is 16.5. The van der Waals surface area contributed by atoms with E-state index < -0.39 is 18.2 Å². The molecule has 0 unspecified atom stereocenters. The fourth-order valence-corrected chi connectivity index (χ4v) is 8.52. The maximum absolute atomic E-state index is 13.9. The third-order valence-corrected chi connectivity index (χ3v) is 11.3. The molecule has 3 aromatic carbocycles. The van der Waals surface area contributed by atoms with Crippen LogP contribution in [-0.2, 0) is 20.9 Å². The van der Waals surface area contributed by atoms with E-state index in [2.05, 4.69) is 77.4 Å². The van der Waals surface area contributed by atoms with Gasteiger partial charge in [0.05, 0.1) is 48.7 Å². The molecule has 2 saturated heterocycles. The normalized spacial score (nSPS) is 20.4. The van der Waals surface area contributed by atoms with Crippen LogP contribution in [0, 0.1) is 17.8 Å². The Labute approximate surface area is 338 Å². The van der Waals surface area contributed by atoms with Crippen molar-refractivity contribution >= 4 is 39.9 Å². The number of H-pyrrole nitrogens is 2. The minimum absolute atomic E-state index is 0.0204. The van der Waals surface area contributed by atoms with Crippen molar-refractivity contribution in [2.45, 2.75) is 91.6 Å². The van der Waals surface area contributed by atoms with Gasteiger partial charge in [0, 0.05) is 36.6 Å². The summed E-state index contributed by atoms with van der Waals surface area (Å²) in [5.41, 5.74) is 6.54. The average molecular weight is 793 g/mol. The summed E-state index contributed by atoms with van der Waals surface area (Å²) in [5, 5.41) is 14.6. The SMILES string of the molecule is COC[C@H]1C[C@@H](c2ncc(-c3ccc4c(c3)COc3cc5c(ccc6nc([C@@H]7CC[C@H](C)N7C(=O)[C@@H](NC(=O)OC)C(C)C)[nH]c65)cc3-4)[nH]2)N(C(=O)O)C1.C[C](C)C. The zero-order valence-corrected chi connectivity index (χ0v) is 34.5. The number of carbonyl (C=O) groups is 3. The molecule has 3 aliphatic heterocycles. The van der Waals surface area contributed by atoms with Crippen LogP contribution in [0.15, 0.2) is 48.7 Å². The number of fused-ring (bicyclic) bond motifs is 6. The highest BCUT2D eigenvalue weighted by Crippen LogP contribution is 2.44. The van der Waals surface area contributed by atoms with E-state index in [0.29, 0.717) is 37.8 Å². The molecule has 0 spiro atoms. The van der Waals surface area contributed by atoms with Crippen molar-refractivity contribution in [3.8, 4) is 28.1 Å². The van der Waals surface area contributed by atoms with Crippen LogP contribution in [0.25, 0.3) is 44.2 Å². The number of imidazole rings is 2. The van der Waals surface area contributed by atoms with E-state index in [1.165, 1.54) is 17.9 Å². The third-order valence-electron chi connectivity index (χ3n) is 11.3. The standard InChI is InChI=1S/C40H45N7O7.C4H9/c1-20(2)34(45-39(49)53-5)38(48)47-21(3)6-11-31(47)37-42-29-10-8-23-14-28-26-9-7-24(13-25(26)19-54-33(28)15-27(23)35(29)44-37)30-16-41-36(43-30)32-12-22(18-52-4)17-46(32)40(50)51;1-4(2)3/h7-10,13-16,20-22,31-32,34H,6,11-12,17-19H2,1-5H3,(H,41,43)(H,42,44)(H,45,49)(H,50,51);1-3H3/t21-,22-,31-,32-,34-;/m0./s1. The van der Waals surface area contributed by atoms with Gasteiger partial charge in [0.1, 0.15) is 30.0 Å². The van der Waals surface area contributed by atoms with E-state index in [0.717, 1.165) is 68.3 Å². The van der Waals surface area contributed by atoms with Gasteiger partial charge in [-0.05, 0) is 84.4 Å². The van der Waals surface area contributed by atoms with Crippen LogP contribution < -0.4 is 10.1 Å². The van der Waals surface area contributed by atoms with Crippen molar-refractivity contribution in [2.24, 2.45) is 11.8 Å².